The fraction of sp³-hybridized carbons (Fsp3) is 0.538. The maximum atomic E-state index is 12.3. The van der Waals surface area contributed by atoms with Gasteiger partial charge in [0.2, 0.25) is 0 Å². The molecule has 0 aliphatic rings. The molecule has 0 heterocycles. The zero-order chi connectivity index (χ0) is 11.8. The zero-order valence-corrected chi connectivity index (χ0v) is 10.7. The summed E-state index contributed by atoms with van der Waals surface area (Å²) in [7, 11) is 0. The predicted molar refractivity (Wildman–Crippen MR) is 69.6 cm³/mol. The van der Waals surface area contributed by atoms with Gasteiger partial charge in [-0.25, -0.2) is 4.39 Å². The summed E-state index contributed by atoms with van der Waals surface area (Å²) in [5.74, 6) is 0. The zero-order valence-electron chi connectivity index (χ0n) is 9.84. The van der Waals surface area contributed by atoms with E-state index in [1.807, 2.05) is 0 Å². The Balaban J connectivity index is 2.69. The molecule has 1 rings (SSSR count). The third-order valence-corrected chi connectivity index (χ3v) is 3.25. The average Bonchev–Trinajstić information content (AvgIpc) is 2.29. The Morgan fingerprint density at radius 3 is 2.56 bits per heavy atom. The second-order valence-electron chi connectivity index (χ2n) is 3.84. The van der Waals surface area contributed by atoms with Crippen LogP contribution >= 0.6 is 11.8 Å². The smallest absolute Gasteiger partial charge is 0.139 e. The molecule has 1 nitrogen and oxygen atoms in total. The number of rotatable bonds is 7. The van der Waals surface area contributed by atoms with Gasteiger partial charge in [-0.3, -0.25) is 0 Å². The molecule has 0 amide bonds. The Morgan fingerprint density at radius 2 is 1.94 bits per heavy atom. The molecule has 0 atom stereocenters. The molecule has 0 aliphatic heterocycles. The molecular weight excluding hydrogens is 221 g/mol. The average molecular weight is 241 g/mol. The van der Waals surface area contributed by atoms with Crippen LogP contribution in [0.2, 0.25) is 0 Å². The molecular formula is C13H20FNS. The second-order valence-corrected chi connectivity index (χ2v) is 4.82. The van der Waals surface area contributed by atoms with Crippen LogP contribution in [0.4, 0.5) is 4.39 Å². The summed E-state index contributed by atoms with van der Waals surface area (Å²) in [5, 5.41) is 0. The van der Waals surface area contributed by atoms with Crippen molar-refractivity contribution in [3.8, 4) is 0 Å². The number of hydrogen-bond acceptors (Lipinski definition) is 2. The largest absolute Gasteiger partial charge is 0.330 e. The number of hydrogen-bond donors (Lipinski definition) is 1. The molecule has 0 aliphatic carbocycles. The summed E-state index contributed by atoms with van der Waals surface area (Å²) in [6.45, 7) is 2.88. The monoisotopic (exact) mass is 241 g/mol. The Kier molecular flexibility index (Phi) is 6.50. The fourth-order valence-corrected chi connectivity index (χ4v) is 2.29. The molecule has 0 spiro atoms. The standard InChI is InChI=1S/C13H20FNS/c1-2-11-7-12(5-3-4-6-15)9-13(8-11)16-10-14/h7-9H,2-6,10,15H2,1H3. The van der Waals surface area contributed by atoms with Crippen LogP contribution in [-0.4, -0.2) is 12.6 Å². The van der Waals surface area contributed by atoms with Crippen molar-refractivity contribution in [1.82, 2.24) is 0 Å². The van der Waals surface area contributed by atoms with Crippen molar-refractivity contribution in [2.45, 2.75) is 37.5 Å². The number of benzene rings is 1. The second kappa shape index (κ2) is 7.69. The molecule has 2 N–H and O–H groups in total. The van der Waals surface area contributed by atoms with E-state index < -0.39 is 0 Å². The number of unbranched alkanes of at least 4 members (excludes halogenated alkanes) is 1. The summed E-state index contributed by atoms with van der Waals surface area (Å²) < 4.78 is 12.3. The van der Waals surface area contributed by atoms with Gasteiger partial charge in [0, 0.05) is 4.90 Å². The quantitative estimate of drug-likeness (QED) is 0.583. The van der Waals surface area contributed by atoms with E-state index in [2.05, 4.69) is 25.1 Å². The highest BCUT2D eigenvalue weighted by Gasteiger charge is 2.01. The van der Waals surface area contributed by atoms with Crippen LogP contribution in [0.1, 0.15) is 30.9 Å². The van der Waals surface area contributed by atoms with Crippen LogP contribution in [0.25, 0.3) is 0 Å². The first-order valence-corrected chi connectivity index (χ1v) is 6.80. The lowest BCUT2D eigenvalue weighted by atomic mass is 10.0. The molecule has 90 valence electrons. The number of nitrogens with two attached hydrogens (primary N) is 1. The molecule has 0 radical (unpaired) electrons. The van der Waals surface area contributed by atoms with Gasteiger partial charge in [-0.05, 0) is 55.5 Å². The summed E-state index contributed by atoms with van der Waals surface area (Å²) in [6.07, 6.45) is 4.22. The minimum atomic E-state index is -0.352. The molecule has 0 saturated heterocycles. The third-order valence-electron chi connectivity index (χ3n) is 2.58. The van der Waals surface area contributed by atoms with Gasteiger partial charge < -0.3 is 5.73 Å². The summed E-state index contributed by atoms with van der Waals surface area (Å²) >= 11 is 1.27. The van der Waals surface area contributed by atoms with E-state index in [-0.39, 0.29) is 6.01 Å². The van der Waals surface area contributed by atoms with Gasteiger partial charge in [0.25, 0.3) is 0 Å². The van der Waals surface area contributed by atoms with E-state index in [0.717, 1.165) is 37.1 Å². The van der Waals surface area contributed by atoms with Crippen molar-refractivity contribution in [2.24, 2.45) is 5.73 Å². The predicted octanol–water partition coefficient (Wildman–Crippen LogP) is 3.55. The summed E-state index contributed by atoms with van der Waals surface area (Å²) in [5.41, 5.74) is 8.07. The van der Waals surface area contributed by atoms with Crippen molar-refractivity contribution in [1.29, 1.82) is 0 Å². The molecule has 0 aromatic heterocycles. The minimum Gasteiger partial charge on any atom is -0.330 e. The van der Waals surface area contributed by atoms with Crippen molar-refractivity contribution in [2.75, 3.05) is 12.6 Å². The number of halogens is 1. The van der Waals surface area contributed by atoms with E-state index in [4.69, 9.17) is 5.73 Å². The van der Waals surface area contributed by atoms with E-state index >= 15 is 0 Å². The SMILES string of the molecule is CCc1cc(CCCCN)cc(SCF)c1. The normalized spacial score (nSPS) is 10.7. The lowest BCUT2D eigenvalue weighted by molar-refractivity contribution is 0.605. The van der Waals surface area contributed by atoms with Crippen molar-refractivity contribution in [3.05, 3.63) is 29.3 Å². The molecule has 16 heavy (non-hydrogen) atoms. The molecule has 0 bridgehead atoms. The maximum Gasteiger partial charge on any atom is 0.139 e. The van der Waals surface area contributed by atoms with Crippen LogP contribution in [0.5, 0.6) is 0 Å². The van der Waals surface area contributed by atoms with E-state index in [1.54, 1.807) is 0 Å². The molecule has 3 heteroatoms. The van der Waals surface area contributed by atoms with E-state index in [0.29, 0.717) is 0 Å². The first kappa shape index (κ1) is 13.5. The Morgan fingerprint density at radius 1 is 1.19 bits per heavy atom. The summed E-state index contributed by atoms with van der Waals surface area (Å²) in [4.78, 5) is 1.05. The lowest BCUT2D eigenvalue weighted by Crippen LogP contribution is -1.99. The highest BCUT2D eigenvalue weighted by molar-refractivity contribution is 7.99. The van der Waals surface area contributed by atoms with Crippen LogP contribution in [0.15, 0.2) is 23.1 Å². The van der Waals surface area contributed by atoms with Crippen LogP contribution in [0, 0.1) is 0 Å². The van der Waals surface area contributed by atoms with Crippen LogP contribution in [-0.2, 0) is 12.8 Å². The third kappa shape index (κ3) is 4.54. The highest BCUT2D eigenvalue weighted by Crippen LogP contribution is 2.23. The fourth-order valence-electron chi connectivity index (χ4n) is 1.70. The van der Waals surface area contributed by atoms with E-state index in [9.17, 15) is 4.39 Å². The Hall–Kier alpha value is -0.540. The maximum absolute atomic E-state index is 12.3. The molecule has 1 aromatic rings. The molecule has 1 aromatic carbocycles. The van der Waals surface area contributed by atoms with Gasteiger partial charge in [0.05, 0.1) is 0 Å². The van der Waals surface area contributed by atoms with E-state index in [1.165, 1.54) is 22.9 Å². The molecule has 0 fully saturated rings. The van der Waals surface area contributed by atoms with Crippen molar-refractivity contribution >= 4 is 11.8 Å². The van der Waals surface area contributed by atoms with Gasteiger partial charge in [0.15, 0.2) is 0 Å². The lowest BCUT2D eigenvalue weighted by Gasteiger charge is -2.07. The summed E-state index contributed by atoms with van der Waals surface area (Å²) in [6, 6.07) is 6.05. The van der Waals surface area contributed by atoms with Gasteiger partial charge in [-0.15, -0.1) is 0 Å². The topological polar surface area (TPSA) is 26.0 Å². The number of thioether (sulfide) groups is 1. The minimum absolute atomic E-state index is 0.352. The first-order valence-electron chi connectivity index (χ1n) is 5.81. The number of aryl methyl sites for hydroxylation is 2. The van der Waals surface area contributed by atoms with Gasteiger partial charge in [-0.2, -0.15) is 0 Å². The molecule has 0 saturated carbocycles. The van der Waals surface area contributed by atoms with Crippen molar-refractivity contribution in [3.63, 3.8) is 0 Å². The number of alkyl halides is 1. The first-order chi connectivity index (χ1) is 7.80. The van der Waals surface area contributed by atoms with Gasteiger partial charge in [0.1, 0.15) is 6.01 Å². The van der Waals surface area contributed by atoms with Crippen molar-refractivity contribution < 1.29 is 4.39 Å². The Labute approximate surface area is 102 Å². The van der Waals surface area contributed by atoms with Gasteiger partial charge in [-0.1, -0.05) is 24.8 Å². The highest BCUT2D eigenvalue weighted by atomic mass is 32.2. The van der Waals surface area contributed by atoms with Gasteiger partial charge >= 0.3 is 0 Å². The Bertz CT molecular complexity index is 315. The molecule has 0 unspecified atom stereocenters. The van der Waals surface area contributed by atoms with Crippen LogP contribution < -0.4 is 5.73 Å². The van der Waals surface area contributed by atoms with Crippen LogP contribution in [0.3, 0.4) is 0 Å².